The fourth-order valence-electron chi connectivity index (χ4n) is 1.67. The first-order valence-electron chi connectivity index (χ1n) is 5.98. The quantitative estimate of drug-likeness (QED) is 0.850. The van der Waals surface area contributed by atoms with Gasteiger partial charge in [-0.2, -0.15) is 5.10 Å². The number of aromatic nitrogens is 2. The molecule has 4 nitrogen and oxygen atoms in total. The Balaban J connectivity index is 2.71. The highest BCUT2D eigenvalue weighted by Crippen LogP contribution is 2.22. The smallest absolute Gasteiger partial charge is 0.244 e. The third kappa shape index (κ3) is 3.31. The molecular formula is C12H20BrN3O. The molecule has 17 heavy (non-hydrogen) atoms. The van der Waals surface area contributed by atoms with Gasteiger partial charge in [-0.1, -0.05) is 13.3 Å². The Morgan fingerprint density at radius 1 is 1.53 bits per heavy atom. The lowest BCUT2D eigenvalue weighted by Crippen LogP contribution is -2.32. The minimum atomic E-state index is -0.267. The van der Waals surface area contributed by atoms with E-state index in [1.165, 1.54) is 0 Å². The van der Waals surface area contributed by atoms with E-state index in [4.69, 9.17) is 0 Å². The number of hydrogen-bond acceptors (Lipinski definition) is 2. The van der Waals surface area contributed by atoms with Crippen LogP contribution in [0.2, 0.25) is 0 Å². The van der Waals surface area contributed by atoms with E-state index in [0.29, 0.717) is 0 Å². The maximum absolute atomic E-state index is 11.9. The van der Waals surface area contributed by atoms with E-state index in [9.17, 15) is 4.79 Å². The number of aryl methyl sites for hydroxylation is 1. The predicted octanol–water partition coefficient (Wildman–Crippen LogP) is 2.74. The Kier molecular flexibility index (Phi) is 5.18. The summed E-state index contributed by atoms with van der Waals surface area (Å²) in [6.45, 7) is 8.59. The fraction of sp³-hybridized carbons (Fsp3) is 0.667. The third-order valence-electron chi connectivity index (χ3n) is 2.81. The number of hydrogen-bond donors (Lipinski definition) is 1. The first kappa shape index (κ1) is 14.2. The van der Waals surface area contributed by atoms with Crippen LogP contribution in [0, 0.1) is 13.8 Å². The average Bonchev–Trinajstić information content (AvgIpc) is 2.56. The van der Waals surface area contributed by atoms with Crippen molar-refractivity contribution in [2.45, 2.75) is 46.6 Å². The lowest BCUT2D eigenvalue weighted by atomic mass is 10.3. The molecule has 1 rings (SSSR count). The molecule has 96 valence electrons. The minimum absolute atomic E-state index is 0.0246. The Labute approximate surface area is 111 Å². The normalized spacial score (nSPS) is 12.5. The summed E-state index contributed by atoms with van der Waals surface area (Å²) in [5.74, 6) is 0.0246. The van der Waals surface area contributed by atoms with Crippen molar-refractivity contribution in [3.05, 3.63) is 15.9 Å². The summed E-state index contributed by atoms with van der Waals surface area (Å²) in [6, 6.07) is -0.267. The van der Waals surface area contributed by atoms with Crippen LogP contribution >= 0.6 is 15.9 Å². The lowest BCUT2D eigenvalue weighted by Gasteiger charge is -2.14. The third-order valence-corrected chi connectivity index (χ3v) is 3.96. The molecule has 0 saturated carbocycles. The summed E-state index contributed by atoms with van der Waals surface area (Å²) in [7, 11) is 0. The fourth-order valence-corrected chi connectivity index (χ4v) is 1.93. The molecule has 1 aromatic rings. The largest absolute Gasteiger partial charge is 0.354 e. The molecule has 0 spiro atoms. The van der Waals surface area contributed by atoms with E-state index in [1.54, 1.807) is 4.68 Å². The van der Waals surface area contributed by atoms with Crippen LogP contribution in [0.15, 0.2) is 4.47 Å². The number of nitrogens with one attached hydrogen (secondary N) is 1. The Morgan fingerprint density at radius 3 is 2.65 bits per heavy atom. The monoisotopic (exact) mass is 301 g/mol. The van der Waals surface area contributed by atoms with Crippen LogP contribution in [-0.4, -0.2) is 22.2 Å². The van der Waals surface area contributed by atoms with Crippen molar-refractivity contribution in [3.63, 3.8) is 0 Å². The topological polar surface area (TPSA) is 46.9 Å². The van der Waals surface area contributed by atoms with Gasteiger partial charge < -0.3 is 5.32 Å². The van der Waals surface area contributed by atoms with Crippen LogP contribution in [0.3, 0.4) is 0 Å². The average molecular weight is 302 g/mol. The van der Waals surface area contributed by atoms with Crippen LogP contribution in [0.5, 0.6) is 0 Å². The summed E-state index contributed by atoms with van der Waals surface area (Å²) in [5.41, 5.74) is 1.90. The predicted molar refractivity (Wildman–Crippen MR) is 72.0 cm³/mol. The number of nitrogens with zero attached hydrogens (tertiary/aromatic N) is 2. The number of amides is 1. The first-order valence-corrected chi connectivity index (χ1v) is 6.77. The maximum atomic E-state index is 11.9. The molecule has 0 aliphatic carbocycles. The molecule has 5 heteroatoms. The van der Waals surface area contributed by atoms with Gasteiger partial charge in [0, 0.05) is 6.54 Å². The van der Waals surface area contributed by atoms with Crippen LogP contribution in [0.1, 0.15) is 44.1 Å². The van der Waals surface area contributed by atoms with Crippen LogP contribution in [0.4, 0.5) is 0 Å². The van der Waals surface area contributed by atoms with E-state index in [1.807, 2.05) is 20.8 Å². The van der Waals surface area contributed by atoms with Crippen molar-refractivity contribution < 1.29 is 4.79 Å². The van der Waals surface area contributed by atoms with Crippen molar-refractivity contribution in [2.75, 3.05) is 6.54 Å². The van der Waals surface area contributed by atoms with Gasteiger partial charge in [-0.25, -0.2) is 0 Å². The second-order valence-electron chi connectivity index (χ2n) is 4.25. The standard InChI is InChI=1S/C12H20BrN3O/c1-5-6-7-14-12(17)10(4)16-9(3)11(13)8(2)15-16/h10H,5-7H2,1-4H3,(H,14,17). The summed E-state index contributed by atoms with van der Waals surface area (Å²) in [4.78, 5) is 11.9. The molecular weight excluding hydrogens is 282 g/mol. The van der Waals surface area contributed by atoms with Crippen molar-refractivity contribution in [2.24, 2.45) is 0 Å². The van der Waals surface area contributed by atoms with Gasteiger partial charge in [0.05, 0.1) is 15.9 Å². The summed E-state index contributed by atoms with van der Waals surface area (Å²) in [6.07, 6.45) is 2.10. The molecule has 0 aliphatic rings. The molecule has 1 unspecified atom stereocenters. The van der Waals surface area contributed by atoms with Gasteiger partial charge in [-0.05, 0) is 43.1 Å². The second kappa shape index (κ2) is 6.19. The molecule has 1 atom stereocenters. The number of carbonyl (C=O) groups excluding carboxylic acids is 1. The van der Waals surface area contributed by atoms with Crippen molar-refractivity contribution in [3.8, 4) is 0 Å². The summed E-state index contributed by atoms with van der Waals surface area (Å²) >= 11 is 3.47. The van der Waals surface area contributed by atoms with Gasteiger partial charge >= 0.3 is 0 Å². The van der Waals surface area contributed by atoms with Gasteiger partial charge in [0.15, 0.2) is 0 Å². The van der Waals surface area contributed by atoms with Gasteiger partial charge in [-0.15, -0.1) is 0 Å². The van der Waals surface area contributed by atoms with Crippen LogP contribution < -0.4 is 5.32 Å². The summed E-state index contributed by atoms with van der Waals surface area (Å²) < 4.78 is 2.74. The highest BCUT2D eigenvalue weighted by atomic mass is 79.9. The number of carbonyl (C=O) groups is 1. The maximum Gasteiger partial charge on any atom is 0.244 e. The Morgan fingerprint density at radius 2 is 2.18 bits per heavy atom. The molecule has 1 N–H and O–H groups in total. The lowest BCUT2D eigenvalue weighted by molar-refractivity contribution is -0.124. The number of halogens is 1. The highest BCUT2D eigenvalue weighted by Gasteiger charge is 2.19. The first-order chi connectivity index (χ1) is 7.99. The zero-order valence-corrected chi connectivity index (χ0v) is 12.5. The van der Waals surface area contributed by atoms with E-state index in [0.717, 1.165) is 35.2 Å². The number of rotatable bonds is 5. The SMILES string of the molecule is CCCCNC(=O)C(C)n1nc(C)c(Br)c1C. The molecule has 1 heterocycles. The molecule has 0 radical (unpaired) electrons. The molecule has 0 bridgehead atoms. The molecule has 0 aromatic carbocycles. The van der Waals surface area contributed by atoms with Gasteiger partial charge in [0.2, 0.25) is 5.91 Å². The van der Waals surface area contributed by atoms with E-state index < -0.39 is 0 Å². The van der Waals surface area contributed by atoms with Gasteiger partial charge in [0.25, 0.3) is 0 Å². The van der Waals surface area contributed by atoms with Crippen molar-refractivity contribution in [1.82, 2.24) is 15.1 Å². The number of unbranched alkanes of at least 4 members (excludes halogenated alkanes) is 1. The Hall–Kier alpha value is -0.840. The molecule has 0 aliphatic heterocycles. The zero-order valence-electron chi connectivity index (χ0n) is 10.9. The second-order valence-corrected chi connectivity index (χ2v) is 5.04. The van der Waals surface area contributed by atoms with Crippen LogP contribution in [-0.2, 0) is 4.79 Å². The molecule has 1 aromatic heterocycles. The highest BCUT2D eigenvalue weighted by molar-refractivity contribution is 9.10. The van der Waals surface area contributed by atoms with Crippen molar-refractivity contribution in [1.29, 1.82) is 0 Å². The van der Waals surface area contributed by atoms with Crippen molar-refractivity contribution >= 4 is 21.8 Å². The molecule has 0 saturated heterocycles. The van der Waals surface area contributed by atoms with Gasteiger partial charge in [0.1, 0.15) is 6.04 Å². The van der Waals surface area contributed by atoms with E-state index in [2.05, 4.69) is 33.3 Å². The zero-order chi connectivity index (χ0) is 13.0. The van der Waals surface area contributed by atoms with E-state index in [-0.39, 0.29) is 11.9 Å². The van der Waals surface area contributed by atoms with Crippen LogP contribution in [0.25, 0.3) is 0 Å². The van der Waals surface area contributed by atoms with E-state index >= 15 is 0 Å². The molecule has 1 amide bonds. The Bertz CT molecular complexity index is 401. The summed E-state index contributed by atoms with van der Waals surface area (Å²) in [5, 5.41) is 7.29. The van der Waals surface area contributed by atoms with Gasteiger partial charge in [-0.3, -0.25) is 9.48 Å². The minimum Gasteiger partial charge on any atom is -0.354 e. The molecule has 0 fully saturated rings.